The lowest BCUT2D eigenvalue weighted by atomic mass is 10.00. The zero-order chi connectivity index (χ0) is 11.5. The second kappa shape index (κ2) is 5.12. The summed E-state index contributed by atoms with van der Waals surface area (Å²) in [5.74, 6) is 0.142. The number of carbonyl (C=O) groups is 1. The van der Waals surface area contributed by atoms with Crippen molar-refractivity contribution in [3.8, 4) is 0 Å². The summed E-state index contributed by atoms with van der Waals surface area (Å²) < 4.78 is 10.9. The van der Waals surface area contributed by atoms with Crippen molar-refractivity contribution in [1.82, 2.24) is 10.2 Å². The van der Waals surface area contributed by atoms with Gasteiger partial charge in [0.2, 0.25) is 5.91 Å². The number of fused-ring (bicyclic) bond motifs is 2. The highest BCUT2D eigenvalue weighted by Gasteiger charge is 2.44. The van der Waals surface area contributed by atoms with Crippen molar-refractivity contribution in [2.75, 3.05) is 40.4 Å². The summed E-state index contributed by atoms with van der Waals surface area (Å²) in [5.41, 5.74) is 0. The molecule has 0 aromatic rings. The summed E-state index contributed by atoms with van der Waals surface area (Å²) in [6.07, 6.45) is 1.14. The average Bonchev–Trinajstić information content (AvgIpc) is 2.61. The molecule has 1 amide bonds. The molecule has 5 nitrogen and oxygen atoms in total. The van der Waals surface area contributed by atoms with Crippen LogP contribution in [0.5, 0.6) is 0 Å². The molecule has 0 aromatic heterocycles. The number of likely N-dealkylation sites (tertiary alicyclic amines) is 1. The molecule has 2 saturated heterocycles. The third kappa shape index (κ3) is 2.36. The van der Waals surface area contributed by atoms with Crippen molar-refractivity contribution in [1.29, 1.82) is 0 Å². The Balaban J connectivity index is 1.90. The first kappa shape index (κ1) is 11.8. The van der Waals surface area contributed by atoms with Gasteiger partial charge in [0.25, 0.3) is 0 Å². The van der Waals surface area contributed by atoms with E-state index in [1.165, 1.54) is 0 Å². The molecule has 2 heterocycles. The Hall–Kier alpha value is -0.650. The maximum Gasteiger partial charge on any atom is 0.225 e. The Labute approximate surface area is 96.1 Å². The van der Waals surface area contributed by atoms with Gasteiger partial charge in [0.1, 0.15) is 0 Å². The molecule has 1 N–H and O–H groups in total. The number of morpholine rings is 1. The molecule has 3 atom stereocenters. The van der Waals surface area contributed by atoms with Gasteiger partial charge in [0.15, 0.2) is 0 Å². The fourth-order valence-electron chi connectivity index (χ4n) is 2.60. The van der Waals surface area contributed by atoms with Crippen LogP contribution >= 0.6 is 0 Å². The van der Waals surface area contributed by atoms with Crippen LogP contribution < -0.4 is 5.32 Å². The van der Waals surface area contributed by atoms with E-state index in [0.29, 0.717) is 0 Å². The van der Waals surface area contributed by atoms with Crippen LogP contribution in [0.25, 0.3) is 0 Å². The van der Waals surface area contributed by atoms with E-state index in [0.717, 1.165) is 32.7 Å². The summed E-state index contributed by atoms with van der Waals surface area (Å²) in [7, 11) is 3.40. The van der Waals surface area contributed by atoms with Gasteiger partial charge in [0.05, 0.1) is 24.7 Å². The van der Waals surface area contributed by atoms with E-state index in [-0.39, 0.29) is 24.0 Å². The first-order valence-electron chi connectivity index (χ1n) is 5.83. The van der Waals surface area contributed by atoms with E-state index in [4.69, 9.17) is 9.47 Å². The number of rotatable bonds is 4. The fraction of sp³-hybridized carbons (Fsp3) is 0.909. The molecule has 2 fully saturated rings. The third-order valence-corrected chi connectivity index (χ3v) is 3.43. The maximum absolute atomic E-state index is 11.6. The largest absolute Gasteiger partial charge is 0.383 e. The number of ether oxygens (including phenoxy) is 2. The second-order valence-electron chi connectivity index (χ2n) is 4.51. The van der Waals surface area contributed by atoms with Gasteiger partial charge in [-0.05, 0) is 6.42 Å². The summed E-state index contributed by atoms with van der Waals surface area (Å²) in [4.78, 5) is 14.0. The summed E-state index contributed by atoms with van der Waals surface area (Å²) >= 11 is 0. The van der Waals surface area contributed by atoms with Crippen LogP contribution in [0.2, 0.25) is 0 Å². The van der Waals surface area contributed by atoms with E-state index in [1.54, 1.807) is 14.2 Å². The SMILES string of the molecule is CNC(=O)C1CC2CN(CCOC)CC1O2. The lowest BCUT2D eigenvalue weighted by molar-refractivity contribution is -0.127. The molecular formula is C11H20N2O3. The Morgan fingerprint density at radius 3 is 3.06 bits per heavy atom. The monoisotopic (exact) mass is 228 g/mol. The highest BCUT2D eigenvalue weighted by molar-refractivity contribution is 5.79. The molecule has 2 aliphatic rings. The maximum atomic E-state index is 11.6. The van der Waals surface area contributed by atoms with Gasteiger partial charge in [-0.1, -0.05) is 0 Å². The molecule has 0 aromatic carbocycles. The Morgan fingerprint density at radius 1 is 1.56 bits per heavy atom. The minimum Gasteiger partial charge on any atom is -0.383 e. The minimum absolute atomic E-state index is 0.0301. The van der Waals surface area contributed by atoms with E-state index < -0.39 is 0 Å². The summed E-state index contributed by atoms with van der Waals surface area (Å²) in [6, 6.07) is 0. The van der Waals surface area contributed by atoms with E-state index in [1.807, 2.05) is 0 Å². The fourth-order valence-corrected chi connectivity index (χ4v) is 2.60. The number of methoxy groups -OCH3 is 1. The van der Waals surface area contributed by atoms with Crippen molar-refractivity contribution in [2.24, 2.45) is 5.92 Å². The van der Waals surface area contributed by atoms with E-state index in [9.17, 15) is 4.79 Å². The molecule has 3 unspecified atom stereocenters. The molecule has 0 aliphatic carbocycles. The molecular weight excluding hydrogens is 208 g/mol. The normalized spacial score (nSPS) is 34.0. The highest BCUT2D eigenvalue weighted by Crippen LogP contribution is 2.31. The first-order chi connectivity index (χ1) is 7.74. The Morgan fingerprint density at radius 2 is 2.38 bits per heavy atom. The topological polar surface area (TPSA) is 50.8 Å². The molecule has 92 valence electrons. The van der Waals surface area contributed by atoms with E-state index >= 15 is 0 Å². The summed E-state index contributed by atoms with van der Waals surface area (Å²) in [6.45, 7) is 3.43. The summed E-state index contributed by atoms with van der Waals surface area (Å²) in [5, 5.41) is 2.72. The van der Waals surface area contributed by atoms with Gasteiger partial charge in [-0.15, -0.1) is 0 Å². The third-order valence-electron chi connectivity index (χ3n) is 3.43. The number of amides is 1. The predicted octanol–water partition coefficient (Wildman–Crippen LogP) is -0.532. The standard InChI is InChI=1S/C11H20N2O3/c1-12-11(14)9-5-8-6-13(3-4-15-2)7-10(9)16-8/h8-10H,3-7H2,1-2H3,(H,12,14). The molecule has 0 saturated carbocycles. The molecule has 5 heteroatoms. The lowest BCUT2D eigenvalue weighted by Crippen LogP contribution is -2.46. The van der Waals surface area contributed by atoms with Crippen LogP contribution in [-0.2, 0) is 14.3 Å². The van der Waals surface area contributed by atoms with Crippen LogP contribution in [0.15, 0.2) is 0 Å². The van der Waals surface area contributed by atoms with Crippen LogP contribution in [0.3, 0.4) is 0 Å². The van der Waals surface area contributed by atoms with Gasteiger partial charge in [-0.2, -0.15) is 0 Å². The number of hydrogen-bond donors (Lipinski definition) is 1. The van der Waals surface area contributed by atoms with Crippen molar-refractivity contribution in [2.45, 2.75) is 18.6 Å². The Bertz CT molecular complexity index is 260. The number of carbonyl (C=O) groups excluding carboxylic acids is 1. The molecule has 2 aliphatic heterocycles. The number of nitrogens with zero attached hydrogens (tertiary/aromatic N) is 1. The van der Waals surface area contributed by atoms with Crippen LogP contribution in [0.4, 0.5) is 0 Å². The minimum atomic E-state index is 0.0301. The molecule has 16 heavy (non-hydrogen) atoms. The van der Waals surface area contributed by atoms with Crippen LogP contribution in [-0.4, -0.2) is 63.4 Å². The zero-order valence-corrected chi connectivity index (χ0v) is 9.94. The van der Waals surface area contributed by atoms with E-state index in [2.05, 4.69) is 10.2 Å². The van der Waals surface area contributed by atoms with Crippen molar-refractivity contribution < 1.29 is 14.3 Å². The van der Waals surface area contributed by atoms with Crippen molar-refractivity contribution in [3.05, 3.63) is 0 Å². The second-order valence-corrected chi connectivity index (χ2v) is 4.51. The Kier molecular flexibility index (Phi) is 3.78. The number of hydrogen-bond acceptors (Lipinski definition) is 4. The molecule has 2 rings (SSSR count). The molecule has 2 bridgehead atoms. The van der Waals surface area contributed by atoms with Gasteiger partial charge in [-0.3, -0.25) is 9.69 Å². The quantitative estimate of drug-likeness (QED) is 0.702. The highest BCUT2D eigenvalue weighted by atomic mass is 16.5. The smallest absolute Gasteiger partial charge is 0.225 e. The van der Waals surface area contributed by atoms with Gasteiger partial charge >= 0.3 is 0 Å². The molecule has 0 spiro atoms. The predicted molar refractivity (Wildman–Crippen MR) is 59.2 cm³/mol. The van der Waals surface area contributed by atoms with Gasteiger partial charge in [-0.25, -0.2) is 0 Å². The van der Waals surface area contributed by atoms with Gasteiger partial charge in [0, 0.05) is 33.8 Å². The first-order valence-corrected chi connectivity index (χ1v) is 5.83. The lowest BCUT2D eigenvalue weighted by Gasteiger charge is -2.32. The average molecular weight is 228 g/mol. The zero-order valence-electron chi connectivity index (χ0n) is 9.94. The van der Waals surface area contributed by atoms with Crippen LogP contribution in [0, 0.1) is 5.92 Å². The molecule has 0 radical (unpaired) electrons. The number of nitrogens with one attached hydrogen (secondary N) is 1. The van der Waals surface area contributed by atoms with Crippen LogP contribution in [0.1, 0.15) is 6.42 Å². The van der Waals surface area contributed by atoms with Crippen molar-refractivity contribution >= 4 is 5.91 Å². The van der Waals surface area contributed by atoms with Crippen molar-refractivity contribution in [3.63, 3.8) is 0 Å². The van der Waals surface area contributed by atoms with Gasteiger partial charge < -0.3 is 14.8 Å².